The molecule has 0 atom stereocenters. The van der Waals surface area contributed by atoms with Crippen molar-refractivity contribution in [3.05, 3.63) is 82.3 Å². The van der Waals surface area contributed by atoms with Crippen LogP contribution in [-0.4, -0.2) is 16.2 Å². The van der Waals surface area contributed by atoms with Crippen LogP contribution in [0, 0.1) is 0 Å². The Kier molecular flexibility index (Phi) is 5.35. The number of amides is 1. The van der Waals surface area contributed by atoms with Crippen molar-refractivity contribution >= 4 is 51.9 Å². The Morgan fingerprint density at radius 3 is 2.38 bits per heavy atom. The van der Waals surface area contributed by atoms with Gasteiger partial charge in [-0.15, -0.1) is 0 Å². The van der Waals surface area contributed by atoms with Crippen LogP contribution in [0.25, 0.3) is 6.08 Å². The number of thiocarbonyl (C=S) groups is 1. The zero-order valence-corrected chi connectivity index (χ0v) is 15.5. The number of rotatable bonds is 4. The van der Waals surface area contributed by atoms with E-state index in [9.17, 15) is 14.7 Å². The second kappa shape index (κ2) is 7.68. The molecule has 1 aliphatic heterocycles. The van der Waals surface area contributed by atoms with E-state index >= 15 is 0 Å². The van der Waals surface area contributed by atoms with Crippen LogP contribution in [0.2, 0.25) is 0 Å². The topological polar surface area (TPSA) is 60.4 Å². The summed E-state index contributed by atoms with van der Waals surface area (Å²) in [5.74, 6) is -1.48. The van der Waals surface area contributed by atoms with Crippen molar-refractivity contribution in [1.29, 1.82) is 0 Å². The lowest BCUT2D eigenvalue weighted by molar-refractivity contribution is -0.255. The van der Waals surface area contributed by atoms with Crippen LogP contribution in [0.4, 0.5) is 5.69 Å². The first-order valence-electron chi connectivity index (χ1n) is 7.78. The zero-order chi connectivity index (χ0) is 18.7. The maximum absolute atomic E-state index is 12.7. The fourth-order valence-electron chi connectivity index (χ4n) is 2.50. The molecule has 1 aliphatic rings. The number of aromatic carboxylic acids is 1. The van der Waals surface area contributed by atoms with Crippen molar-refractivity contribution in [1.82, 2.24) is 0 Å². The third-order valence-electron chi connectivity index (χ3n) is 3.71. The fourth-order valence-corrected chi connectivity index (χ4v) is 3.85. The molecule has 1 heterocycles. The molecule has 1 saturated heterocycles. The van der Waals surface area contributed by atoms with Crippen LogP contribution in [0.1, 0.15) is 22.8 Å². The Morgan fingerprint density at radius 1 is 1.12 bits per heavy atom. The van der Waals surface area contributed by atoms with E-state index in [1.54, 1.807) is 12.1 Å². The molecule has 6 heteroatoms. The summed E-state index contributed by atoms with van der Waals surface area (Å²) in [6.45, 7) is 1.92. The molecular formula is C20H14NO3S2-. The van der Waals surface area contributed by atoms with E-state index in [2.05, 4.69) is 0 Å². The van der Waals surface area contributed by atoms with Gasteiger partial charge in [0.15, 0.2) is 4.32 Å². The first-order chi connectivity index (χ1) is 12.5. The van der Waals surface area contributed by atoms with Crippen LogP contribution in [0.5, 0.6) is 0 Å². The number of carbonyl (C=O) groups excluding carboxylic acids is 2. The number of hydrogen-bond acceptors (Lipinski definition) is 5. The summed E-state index contributed by atoms with van der Waals surface area (Å²) in [7, 11) is 0. The van der Waals surface area contributed by atoms with Gasteiger partial charge < -0.3 is 9.90 Å². The summed E-state index contributed by atoms with van der Waals surface area (Å²) in [5.41, 5.74) is 2.57. The molecule has 1 amide bonds. The highest BCUT2D eigenvalue weighted by atomic mass is 32.2. The number of thioether (sulfide) groups is 1. The second-order valence-corrected chi connectivity index (χ2v) is 7.33. The minimum absolute atomic E-state index is 0.0522. The maximum Gasteiger partial charge on any atom is 0.270 e. The zero-order valence-electron chi connectivity index (χ0n) is 13.8. The molecule has 0 N–H and O–H groups in total. The highest BCUT2D eigenvalue weighted by Crippen LogP contribution is 2.35. The number of anilines is 1. The van der Waals surface area contributed by atoms with Gasteiger partial charge in [-0.25, -0.2) is 0 Å². The van der Waals surface area contributed by atoms with Crippen molar-refractivity contribution in [2.24, 2.45) is 0 Å². The highest BCUT2D eigenvalue weighted by Gasteiger charge is 2.33. The molecule has 0 radical (unpaired) electrons. The molecule has 0 spiro atoms. The van der Waals surface area contributed by atoms with E-state index < -0.39 is 5.97 Å². The molecule has 3 rings (SSSR count). The predicted octanol–water partition coefficient (Wildman–Crippen LogP) is 3.40. The van der Waals surface area contributed by atoms with Gasteiger partial charge in [-0.2, -0.15) is 0 Å². The minimum Gasteiger partial charge on any atom is -0.545 e. The van der Waals surface area contributed by atoms with Gasteiger partial charge in [-0.05, 0) is 41.8 Å². The molecule has 1 fully saturated rings. The van der Waals surface area contributed by atoms with Gasteiger partial charge in [-0.3, -0.25) is 9.69 Å². The van der Waals surface area contributed by atoms with E-state index in [1.165, 1.54) is 28.8 Å². The van der Waals surface area contributed by atoms with Crippen LogP contribution >= 0.6 is 24.0 Å². The monoisotopic (exact) mass is 380 g/mol. The molecule has 2 aromatic carbocycles. The third kappa shape index (κ3) is 3.92. The molecule has 0 aliphatic carbocycles. The second-order valence-electron chi connectivity index (χ2n) is 5.65. The summed E-state index contributed by atoms with van der Waals surface area (Å²) in [4.78, 5) is 25.5. The number of carbonyl (C=O) groups is 2. The smallest absolute Gasteiger partial charge is 0.270 e. The fraction of sp³-hybridized carbons (Fsp3) is 0.0500. The molecule has 0 aromatic heterocycles. The Morgan fingerprint density at radius 2 is 1.77 bits per heavy atom. The van der Waals surface area contributed by atoms with Gasteiger partial charge in [-0.1, -0.05) is 72.5 Å². The summed E-state index contributed by atoms with van der Waals surface area (Å²) in [6, 6.07) is 15.7. The number of benzene rings is 2. The van der Waals surface area contributed by atoms with Crippen molar-refractivity contribution < 1.29 is 14.7 Å². The summed E-state index contributed by atoms with van der Waals surface area (Å²) < 4.78 is 0.412. The van der Waals surface area contributed by atoms with Crippen LogP contribution in [0.3, 0.4) is 0 Å². The largest absolute Gasteiger partial charge is 0.545 e. The normalized spacial score (nSPS) is 16.4. The SMILES string of the molecule is CC(=Cc1ccccc1)/C=C1\SC(=S)N(c2ccc(C(=O)[O-])cc2)C1=O. The Labute approximate surface area is 160 Å². The number of nitrogens with zero attached hydrogens (tertiary/aromatic N) is 1. The van der Waals surface area contributed by atoms with E-state index in [0.717, 1.165) is 11.1 Å². The van der Waals surface area contributed by atoms with E-state index in [-0.39, 0.29) is 11.5 Å². The molecule has 2 aromatic rings. The van der Waals surface area contributed by atoms with E-state index in [0.29, 0.717) is 14.9 Å². The van der Waals surface area contributed by atoms with Crippen molar-refractivity contribution in [3.8, 4) is 0 Å². The number of carboxylic acid groups (broad SMARTS) is 1. The lowest BCUT2D eigenvalue weighted by Gasteiger charge is -2.15. The standard InChI is InChI=1S/C20H15NO3S2/c1-13(11-14-5-3-2-4-6-14)12-17-18(22)21(20(25)26-17)16-9-7-15(8-10-16)19(23)24/h2-12H,1H3,(H,23,24)/p-1/b13-11?,17-12-. The van der Waals surface area contributed by atoms with E-state index in [1.807, 2.05) is 49.4 Å². The quantitative estimate of drug-likeness (QED) is 0.601. The molecule has 4 nitrogen and oxygen atoms in total. The van der Waals surface area contributed by atoms with Crippen LogP contribution in [0.15, 0.2) is 71.2 Å². The first-order valence-corrected chi connectivity index (χ1v) is 9.01. The molecule has 26 heavy (non-hydrogen) atoms. The van der Waals surface area contributed by atoms with Crippen LogP contribution < -0.4 is 10.0 Å². The van der Waals surface area contributed by atoms with Gasteiger partial charge in [0.25, 0.3) is 5.91 Å². The number of allylic oxidation sites excluding steroid dienone is 2. The van der Waals surface area contributed by atoms with E-state index in [4.69, 9.17) is 12.2 Å². The molecular weight excluding hydrogens is 366 g/mol. The van der Waals surface area contributed by atoms with Gasteiger partial charge in [0.1, 0.15) is 0 Å². The first kappa shape index (κ1) is 18.1. The lowest BCUT2D eigenvalue weighted by atomic mass is 10.1. The maximum atomic E-state index is 12.7. The Hall–Kier alpha value is -2.70. The molecule has 0 saturated carbocycles. The summed E-state index contributed by atoms with van der Waals surface area (Å²) in [6.07, 6.45) is 3.79. The molecule has 0 bridgehead atoms. The van der Waals surface area contributed by atoms with Crippen molar-refractivity contribution in [2.45, 2.75) is 6.92 Å². The predicted molar refractivity (Wildman–Crippen MR) is 107 cm³/mol. The molecule has 130 valence electrons. The Balaban J connectivity index is 1.84. The highest BCUT2D eigenvalue weighted by molar-refractivity contribution is 8.27. The van der Waals surface area contributed by atoms with Gasteiger partial charge in [0, 0.05) is 0 Å². The average Bonchev–Trinajstić information content (AvgIpc) is 2.89. The summed E-state index contributed by atoms with van der Waals surface area (Å²) in [5, 5.41) is 10.8. The number of carboxylic acids is 1. The minimum atomic E-state index is -1.26. The van der Waals surface area contributed by atoms with Crippen LogP contribution in [-0.2, 0) is 4.79 Å². The Bertz CT molecular complexity index is 931. The third-order valence-corrected chi connectivity index (χ3v) is 5.01. The van der Waals surface area contributed by atoms with Gasteiger partial charge in [0.05, 0.1) is 16.6 Å². The average molecular weight is 380 g/mol. The molecule has 0 unspecified atom stereocenters. The van der Waals surface area contributed by atoms with Crippen molar-refractivity contribution in [2.75, 3.05) is 4.90 Å². The summed E-state index contributed by atoms with van der Waals surface area (Å²) >= 11 is 6.55. The van der Waals surface area contributed by atoms with Gasteiger partial charge >= 0.3 is 0 Å². The number of hydrogen-bond donors (Lipinski definition) is 0. The van der Waals surface area contributed by atoms with Crippen molar-refractivity contribution in [3.63, 3.8) is 0 Å². The lowest BCUT2D eigenvalue weighted by Crippen LogP contribution is -2.28. The van der Waals surface area contributed by atoms with Gasteiger partial charge in [0.2, 0.25) is 0 Å².